The highest BCUT2D eigenvalue weighted by Gasteiger charge is 2.34. The molecule has 7 nitrogen and oxygen atoms in total. The first-order valence-corrected chi connectivity index (χ1v) is 12.5. The summed E-state index contributed by atoms with van der Waals surface area (Å²) in [4.78, 5) is 12.9. The van der Waals surface area contributed by atoms with E-state index in [1.807, 2.05) is 24.3 Å². The fourth-order valence-electron chi connectivity index (χ4n) is 4.06. The summed E-state index contributed by atoms with van der Waals surface area (Å²) in [7, 11) is -0.959. The van der Waals surface area contributed by atoms with E-state index in [0.717, 1.165) is 38.5 Å². The minimum Gasteiger partial charge on any atom is -0.493 e. The van der Waals surface area contributed by atoms with E-state index in [1.54, 1.807) is 6.07 Å². The number of methoxy groups -OCH3 is 2. The smallest absolute Gasteiger partial charge is 0.243 e. The second kappa shape index (κ2) is 10.8. The Labute approximate surface area is 190 Å². The van der Waals surface area contributed by atoms with E-state index in [0.29, 0.717) is 17.2 Å². The maximum atomic E-state index is 13.6. The number of nitrogens with zero attached hydrogens (tertiary/aromatic N) is 1. The van der Waals surface area contributed by atoms with Crippen molar-refractivity contribution in [3.05, 3.63) is 48.0 Å². The fourth-order valence-corrected chi connectivity index (χ4v) is 5.71. The summed E-state index contributed by atoms with van der Waals surface area (Å²) in [5.74, 6) is 0.422. The number of carbonyl (C=O) groups is 1. The van der Waals surface area contributed by atoms with E-state index in [4.69, 9.17) is 9.47 Å². The number of amides is 1. The molecule has 0 bridgehead atoms. The predicted molar refractivity (Wildman–Crippen MR) is 125 cm³/mol. The molecule has 1 fully saturated rings. The molecule has 8 heteroatoms. The van der Waals surface area contributed by atoms with Crippen molar-refractivity contribution in [3.63, 3.8) is 0 Å². The number of hydrogen-bond donors (Lipinski definition) is 1. The summed E-state index contributed by atoms with van der Waals surface area (Å²) in [6.45, 7) is 1.82. The first kappa shape index (κ1) is 24.1. The van der Waals surface area contributed by atoms with Gasteiger partial charge in [0.05, 0.1) is 25.7 Å². The lowest BCUT2D eigenvalue weighted by Crippen LogP contribution is -2.45. The number of benzene rings is 2. The summed E-state index contributed by atoms with van der Waals surface area (Å²) in [6.07, 6.45) is 5.37. The van der Waals surface area contributed by atoms with Gasteiger partial charge in [0.15, 0.2) is 11.5 Å². The van der Waals surface area contributed by atoms with Crippen molar-refractivity contribution in [2.24, 2.45) is 0 Å². The van der Waals surface area contributed by atoms with E-state index in [9.17, 15) is 13.2 Å². The minimum atomic E-state index is -3.92. The molecule has 0 saturated heterocycles. The van der Waals surface area contributed by atoms with Crippen molar-refractivity contribution in [2.75, 3.05) is 26.1 Å². The van der Waals surface area contributed by atoms with Gasteiger partial charge in [-0.3, -0.25) is 4.79 Å². The SMILES string of the molecule is CCc1ccc(NC(=O)CN(C2CCCCC2)S(=O)(=O)c2ccc(OC)c(OC)c2)cc1. The molecule has 1 amide bonds. The highest BCUT2D eigenvalue weighted by Crippen LogP contribution is 2.33. The van der Waals surface area contributed by atoms with Crippen molar-refractivity contribution in [2.45, 2.75) is 56.4 Å². The lowest BCUT2D eigenvalue weighted by molar-refractivity contribution is -0.116. The summed E-state index contributed by atoms with van der Waals surface area (Å²) < 4.78 is 39.1. The molecule has 0 aliphatic heterocycles. The van der Waals surface area contributed by atoms with Crippen molar-refractivity contribution in [3.8, 4) is 11.5 Å². The summed E-state index contributed by atoms with van der Waals surface area (Å²) in [5.41, 5.74) is 1.82. The van der Waals surface area contributed by atoms with E-state index in [-0.39, 0.29) is 23.4 Å². The van der Waals surface area contributed by atoms with E-state index in [1.165, 1.54) is 36.2 Å². The molecule has 1 aliphatic rings. The highest BCUT2D eigenvalue weighted by atomic mass is 32.2. The van der Waals surface area contributed by atoms with Gasteiger partial charge in [-0.05, 0) is 49.1 Å². The Bertz CT molecular complexity index is 1020. The molecule has 0 radical (unpaired) electrons. The van der Waals surface area contributed by atoms with Crippen LogP contribution in [0.5, 0.6) is 11.5 Å². The molecule has 0 atom stereocenters. The van der Waals surface area contributed by atoms with Crippen molar-refractivity contribution in [1.82, 2.24) is 4.31 Å². The Morgan fingerprint density at radius 3 is 2.25 bits per heavy atom. The summed E-state index contributed by atoms with van der Waals surface area (Å²) >= 11 is 0. The van der Waals surface area contributed by atoms with Crippen LogP contribution in [0.25, 0.3) is 0 Å². The molecular weight excluding hydrogens is 428 g/mol. The third-order valence-electron chi connectivity index (χ3n) is 5.89. The molecule has 0 unspecified atom stereocenters. The van der Waals surface area contributed by atoms with Crippen LogP contribution in [0, 0.1) is 0 Å². The number of nitrogens with one attached hydrogen (secondary N) is 1. The molecule has 32 heavy (non-hydrogen) atoms. The second-order valence-electron chi connectivity index (χ2n) is 7.96. The maximum absolute atomic E-state index is 13.6. The average molecular weight is 461 g/mol. The molecular formula is C24H32N2O5S. The zero-order chi connectivity index (χ0) is 23.1. The molecule has 3 rings (SSSR count). The lowest BCUT2D eigenvalue weighted by Gasteiger charge is -2.33. The average Bonchev–Trinajstić information content (AvgIpc) is 2.83. The van der Waals surface area contributed by atoms with Crippen LogP contribution in [0.2, 0.25) is 0 Å². The van der Waals surface area contributed by atoms with E-state index < -0.39 is 10.0 Å². The van der Waals surface area contributed by atoms with Crippen LogP contribution in [0.3, 0.4) is 0 Å². The van der Waals surface area contributed by atoms with Gasteiger partial charge in [0.2, 0.25) is 15.9 Å². The van der Waals surface area contributed by atoms with Crippen molar-refractivity contribution < 1.29 is 22.7 Å². The minimum absolute atomic E-state index is 0.0841. The van der Waals surface area contributed by atoms with Gasteiger partial charge in [0, 0.05) is 17.8 Å². The quantitative estimate of drug-likeness (QED) is 0.605. The van der Waals surface area contributed by atoms with Gasteiger partial charge in [0.1, 0.15) is 0 Å². The van der Waals surface area contributed by atoms with Crippen molar-refractivity contribution in [1.29, 1.82) is 0 Å². The van der Waals surface area contributed by atoms with Gasteiger partial charge in [-0.2, -0.15) is 4.31 Å². The first-order valence-electron chi connectivity index (χ1n) is 11.0. The highest BCUT2D eigenvalue weighted by molar-refractivity contribution is 7.89. The topological polar surface area (TPSA) is 84.9 Å². The molecule has 0 heterocycles. The van der Waals surface area contributed by atoms with E-state index >= 15 is 0 Å². The molecule has 1 aliphatic carbocycles. The lowest BCUT2D eigenvalue weighted by atomic mass is 9.95. The fraction of sp³-hybridized carbons (Fsp3) is 0.458. The predicted octanol–water partition coefficient (Wildman–Crippen LogP) is 4.23. The Morgan fingerprint density at radius 1 is 1.00 bits per heavy atom. The molecule has 2 aromatic rings. The van der Waals surface area contributed by atoms with Crippen LogP contribution < -0.4 is 14.8 Å². The van der Waals surface area contributed by atoms with Gasteiger partial charge in [0.25, 0.3) is 0 Å². The van der Waals surface area contributed by atoms with Crippen LogP contribution >= 0.6 is 0 Å². The Morgan fingerprint density at radius 2 is 1.66 bits per heavy atom. The zero-order valence-electron chi connectivity index (χ0n) is 19.0. The standard InChI is InChI=1S/C24H32N2O5S/c1-4-18-10-12-19(13-11-18)25-24(27)17-26(20-8-6-5-7-9-20)32(28,29)21-14-15-22(30-2)23(16-21)31-3/h10-16,20H,4-9,17H2,1-3H3,(H,25,27). The normalized spacial score (nSPS) is 14.9. The van der Waals surface area contributed by atoms with Crippen LogP contribution in [-0.2, 0) is 21.2 Å². The third-order valence-corrected chi connectivity index (χ3v) is 7.78. The van der Waals surface area contributed by atoms with Crippen LogP contribution in [0.4, 0.5) is 5.69 Å². The monoisotopic (exact) mass is 460 g/mol. The van der Waals surface area contributed by atoms with Gasteiger partial charge < -0.3 is 14.8 Å². The van der Waals surface area contributed by atoms with Gasteiger partial charge in [-0.1, -0.05) is 38.3 Å². The number of hydrogen-bond acceptors (Lipinski definition) is 5. The molecule has 0 aromatic heterocycles. The Balaban J connectivity index is 1.86. The number of anilines is 1. The number of ether oxygens (including phenoxy) is 2. The Kier molecular flexibility index (Phi) is 8.15. The molecule has 0 spiro atoms. The maximum Gasteiger partial charge on any atom is 0.243 e. The summed E-state index contributed by atoms with van der Waals surface area (Å²) in [6, 6.07) is 11.9. The number of aryl methyl sites for hydroxylation is 1. The number of rotatable bonds is 9. The largest absolute Gasteiger partial charge is 0.493 e. The molecule has 174 valence electrons. The van der Waals surface area contributed by atoms with Gasteiger partial charge in [-0.25, -0.2) is 8.42 Å². The van der Waals surface area contributed by atoms with Gasteiger partial charge >= 0.3 is 0 Å². The zero-order valence-corrected chi connectivity index (χ0v) is 19.8. The molecule has 1 N–H and O–H groups in total. The van der Waals surface area contributed by atoms with Crippen LogP contribution in [0.15, 0.2) is 47.4 Å². The Hall–Kier alpha value is -2.58. The van der Waals surface area contributed by atoms with Crippen LogP contribution in [0.1, 0.15) is 44.6 Å². The summed E-state index contributed by atoms with van der Waals surface area (Å²) in [5, 5.41) is 2.84. The van der Waals surface area contributed by atoms with Gasteiger partial charge in [-0.15, -0.1) is 0 Å². The number of carbonyl (C=O) groups excluding carboxylic acids is 1. The van der Waals surface area contributed by atoms with Crippen molar-refractivity contribution >= 4 is 21.6 Å². The van der Waals surface area contributed by atoms with E-state index in [2.05, 4.69) is 12.2 Å². The molecule has 1 saturated carbocycles. The number of sulfonamides is 1. The third kappa shape index (κ3) is 5.61. The van der Waals surface area contributed by atoms with Crippen LogP contribution in [-0.4, -0.2) is 45.4 Å². The molecule has 2 aromatic carbocycles. The first-order chi connectivity index (χ1) is 15.4. The second-order valence-corrected chi connectivity index (χ2v) is 9.85.